The molecule has 0 spiro atoms. The molecule has 0 aromatic carbocycles. The summed E-state index contributed by atoms with van der Waals surface area (Å²) in [5.41, 5.74) is 0. The van der Waals surface area contributed by atoms with Crippen LogP contribution in [0.4, 0.5) is 0 Å². The molecule has 0 aliphatic rings. The molecule has 0 aliphatic carbocycles. The van der Waals surface area contributed by atoms with Crippen molar-refractivity contribution in [3.8, 4) is 0 Å². The van der Waals surface area contributed by atoms with E-state index in [1.54, 1.807) is 0 Å². The molecule has 0 heterocycles. The topological polar surface area (TPSA) is 463 Å². The van der Waals surface area contributed by atoms with Gasteiger partial charge in [0.25, 0.3) is 0 Å². The van der Waals surface area contributed by atoms with Crippen molar-refractivity contribution in [2.24, 2.45) is 0 Å². The van der Waals surface area contributed by atoms with Gasteiger partial charge in [-0.05, 0) is 0 Å². The average Bonchev–Trinajstić information content (AvgIpc) is 2.54. The van der Waals surface area contributed by atoms with E-state index in [4.69, 9.17) is 98.0 Å². The smallest absolute Gasteiger partial charge is 0.788 e. The molecule has 0 amide bonds. The second kappa shape index (κ2) is 36.8. The first kappa shape index (κ1) is 68.7. The second-order valence-corrected chi connectivity index (χ2v) is 7.93. The van der Waals surface area contributed by atoms with Crippen LogP contribution in [0.1, 0.15) is 0 Å². The molecule has 0 saturated heterocycles. The van der Waals surface area contributed by atoms with Crippen LogP contribution in [0.25, 0.3) is 0 Å². The van der Waals surface area contributed by atoms with E-state index in [0.29, 0.717) is 0 Å². The zero-order valence-electron chi connectivity index (χ0n) is 16.2. The van der Waals surface area contributed by atoms with E-state index in [1.165, 1.54) is 0 Å². The predicted octanol–water partition coefficient (Wildman–Crippen LogP) is -10.4. The van der Waals surface area contributed by atoms with E-state index in [-0.39, 0.29) is 189 Å². The van der Waals surface area contributed by atoms with Gasteiger partial charge in [-0.1, -0.05) is 0 Å². The van der Waals surface area contributed by atoms with E-state index in [2.05, 4.69) is 23.4 Å². The summed E-state index contributed by atoms with van der Waals surface area (Å²) >= 11 is 0. The molecule has 0 fully saturated rings. The maximum Gasteiger partial charge on any atom is 2.00 e. The quantitative estimate of drug-likeness (QED) is 0.0751. The van der Waals surface area contributed by atoms with E-state index in [9.17, 15) is 0 Å². The summed E-state index contributed by atoms with van der Waals surface area (Å²) in [6.07, 6.45) is 0. The maximum atomic E-state index is 9.00. The average molecular weight is 760 g/mol. The largest absolute Gasteiger partial charge is 2.00 e. The normalized spacial score (nSPS) is 10.1. The molecule has 5 N–H and O–H groups in total. The molecule has 0 bridgehead atoms. The van der Waals surface area contributed by atoms with Crippen molar-refractivity contribution in [2.75, 3.05) is 0 Å². The third-order valence-corrected chi connectivity index (χ3v) is 1.50. The molecule has 0 aromatic rings. The van der Waals surface area contributed by atoms with Crippen LogP contribution >= 0.6 is 39.1 Å². The Balaban J connectivity index is -0.0000000269. The fourth-order valence-corrected chi connectivity index (χ4v) is 0. The van der Waals surface area contributed by atoms with Crippen molar-refractivity contribution < 1.29 is 121 Å². The fraction of sp³-hybridized carbons (Fsp3) is 0. The Morgan fingerprint density at radius 2 is 0.343 bits per heavy atom. The Morgan fingerprint density at radius 3 is 0.343 bits per heavy atom. The van der Waals surface area contributed by atoms with Crippen LogP contribution in [0, 0.1) is 0 Å². The molecule has 0 saturated carbocycles. The van der Waals surface area contributed by atoms with Crippen molar-refractivity contribution in [1.29, 1.82) is 0 Å². The molecule has 0 rings (SSSR count). The van der Waals surface area contributed by atoms with Crippen LogP contribution in [0.3, 0.4) is 0 Å². The van der Waals surface area contributed by atoms with Gasteiger partial charge >= 0.3 is 189 Å². The van der Waals surface area contributed by atoms with Gasteiger partial charge in [-0.25, -0.2) is 49.7 Å². The van der Waals surface area contributed by atoms with Gasteiger partial charge in [0.2, 0.25) is 0 Å². The Kier molecular flexibility index (Phi) is 72.3. The predicted molar refractivity (Wildman–Crippen MR) is 85.4 cm³/mol. The molecule has 0 aliphatic heterocycles. The van der Waals surface area contributed by atoms with Gasteiger partial charge in [-0.3, -0.25) is 0 Å². The summed E-state index contributed by atoms with van der Waals surface area (Å²) in [6, 6.07) is 0. The first-order chi connectivity index (χ1) is 12.8. The molecular formula is H5Ca5O25P5. The molecule has 25 nitrogen and oxygen atoms in total. The first-order valence-electron chi connectivity index (χ1n) is 4.56. The van der Waals surface area contributed by atoms with E-state index >= 15 is 0 Å². The van der Waals surface area contributed by atoms with Crippen LogP contribution in [-0.4, -0.2) is 215 Å². The van der Waals surface area contributed by atoms with Gasteiger partial charge in [0.05, 0.1) is 39.1 Å². The van der Waals surface area contributed by atoms with Crippen LogP contribution < -0.4 is 48.9 Å². The molecule has 0 unspecified atom stereocenters. The standard InChI is InChI=1S/5Ca.5H3O5P/c;;;;;5*1-5-6(2,3)4/h;;;;;5*1H,(H2,2,3,4)/q5*+2;;;;;/p-10. The van der Waals surface area contributed by atoms with Crippen LogP contribution in [0.2, 0.25) is 0 Å². The van der Waals surface area contributed by atoms with Crippen LogP contribution in [0.5, 0.6) is 0 Å². The summed E-state index contributed by atoms with van der Waals surface area (Å²) in [7, 11) is -25.5. The second-order valence-electron chi connectivity index (χ2n) is 2.64. The van der Waals surface area contributed by atoms with Gasteiger partial charge in [0, 0.05) is 0 Å². The maximum absolute atomic E-state index is 9.00. The molecule has 35 heavy (non-hydrogen) atoms. The first-order valence-corrected chi connectivity index (χ1v) is 11.9. The Bertz CT molecular complexity index is 488. The summed E-state index contributed by atoms with van der Waals surface area (Å²) in [5, 5.41) is 35.1. The third-order valence-electron chi connectivity index (χ3n) is 0.500. The minimum absolute atomic E-state index is 0. The molecule has 35 heteroatoms. The summed E-state index contributed by atoms with van der Waals surface area (Å²) in [4.78, 5) is 90.0. The Hall–Kier alpha value is 6.65. The van der Waals surface area contributed by atoms with Gasteiger partial charge < -0.3 is 71.8 Å². The zero-order valence-corrected chi connectivity index (χ0v) is 31.7. The molecule has 0 atom stereocenters. The number of hydrogen-bond acceptors (Lipinski definition) is 25. The molecule has 0 radical (unpaired) electrons. The molecule has 190 valence electrons. The summed E-state index contributed by atoms with van der Waals surface area (Å²) < 4.78 is 56.9. The van der Waals surface area contributed by atoms with Crippen LogP contribution in [0.15, 0.2) is 0 Å². The van der Waals surface area contributed by atoms with Gasteiger partial charge in [0.1, 0.15) is 0 Å². The third kappa shape index (κ3) is 130. The zero-order chi connectivity index (χ0) is 26.0. The monoisotopic (exact) mass is 760 g/mol. The minimum Gasteiger partial charge on any atom is -0.788 e. The molecule has 0 aromatic heterocycles. The minimum atomic E-state index is -5.09. The van der Waals surface area contributed by atoms with Crippen molar-refractivity contribution in [3.05, 3.63) is 0 Å². The van der Waals surface area contributed by atoms with Gasteiger partial charge in [-0.2, -0.15) is 0 Å². The summed E-state index contributed by atoms with van der Waals surface area (Å²) in [6.45, 7) is 0. The fourth-order valence-electron chi connectivity index (χ4n) is 0. The van der Waals surface area contributed by atoms with Crippen LogP contribution in [-0.2, 0) is 46.2 Å². The van der Waals surface area contributed by atoms with E-state index in [1.807, 2.05) is 0 Å². The molecular weight excluding hydrogens is 755 g/mol. The number of phosphoric acid groups is 5. The van der Waals surface area contributed by atoms with E-state index in [0.717, 1.165) is 0 Å². The summed E-state index contributed by atoms with van der Waals surface area (Å²) in [5.74, 6) is 0. The SMILES string of the molecule is O=P([O-])([O-])OO.O=P([O-])([O-])OO.O=P([O-])([O-])OO.O=P([O-])([O-])OO.O=P([O-])([O-])OO.[Ca+2].[Ca+2].[Ca+2].[Ca+2].[Ca+2]. The Labute approximate surface area is 342 Å². The van der Waals surface area contributed by atoms with Gasteiger partial charge in [-0.15, -0.1) is 0 Å². The van der Waals surface area contributed by atoms with Crippen molar-refractivity contribution >= 4 is 228 Å². The van der Waals surface area contributed by atoms with E-state index < -0.39 is 39.1 Å². The van der Waals surface area contributed by atoms with Gasteiger partial charge in [0.15, 0.2) is 0 Å². The number of hydrogen-bond donors (Lipinski definition) is 5. The number of rotatable bonds is 5. The van der Waals surface area contributed by atoms with Crippen molar-refractivity contribution in [3.63, 3.8) is 0 Å². The van der Waals surface area contributed by atoms with Crippen molar-refractivity contribution in [1.82, 2.24) is 0 Å². The van der Waals surface area contributed by atoms with Crippen molar-refractivity contribution in [2.45, 2.75) is 0 Å². The Morgan fingerprint density at radius 1 is 0.314 bits per heavy atom.